The van der Waals surface area contributed by atoms with Gasteiger partial charge in [-0.25, -0.2) is 5.84 Å². The van der Waals surface area contributed by atoms with E-state index in [1.54, 1.807) is 0 Å². The van der Waals surface area contributed by atoms with Crippen LogP contribution in [-0.2, 0) is 4.79 Å². The lowest BCUT2D eigenvalue weighted by molar-refractivity contribution is -0.593. The van der Waals surface area contributed by atoms with Gasteiger partial charge in [-0.3, -0.25) is 0 Å². The molecule has 0 unspecified atom stereocenters. The summed E-state index contributed by atoms with van der Waals surface area (Å²) in [6.07, 6.45) is 4.79. The number of carbonyl (C=O) groups is 1. The molecular formula is C14H25N2O+. The highest BCUT2D eigenvalue weighted by Crippen LogP contribution is 2.48. The molecule has 2 bridgehead atoms. The van der Waals surface area contributed by atoms with Gasteiger partial charge in [-0.05, 0) is 25.2 Å². The van der Waals surface area contributed by atoms with Crippen LogP contribution in [0.3, 0.4) is 0 Å². The van der Waals surface area contributed by atoms with E-state index in [4.69, 9.17) is 5.84 Å². The molecule has 0 heterocycles. The van der Waals surface area contributed by atoms with E-state index in [-0.39, 0.29) is 17.4 Å². The van der Waals surface area contributed by atoms with Gasteiger partial charge in [0.1, 0.15) is 6.29 Å². The van der Waals surface area contributed by atoms with E-state index in [9.17, 15) is 4.79 Å². The van der Waals surface area contributed by atoms with E-state index < -0.39 is 0 Å². The van der Waals surface area contributed by atoms with E-state index in [0.717, 1.165) is 6.29 Å². The zero-order valence-electron chi connectivity index (χ0n) is 11.4. The van der Waals surface area contributed by atoms with Crippen LogP contribution in [0, 0.1) is 23.2 Å². The van der Waals surface area contributed by atoms with Crippen LogP contribution in [0.25, 0.3) is 0 Å². The molecule has 2 aliphatic carbocycles. The van der Waals surface area contributed by atoms with Gasteiger partial charge in [-0.15, -0.1) is 4.68 Å². The summed E-state index contributed by atoms with van der Waals surface area (Å²) < 4.78 is 1.91. The molecule has 3 nitrogen and oxygen atoms in total. The lowest BCUT2D eigenvalue weighted by Gasteiger charge is -2.26. The van der Waals surface area contributed by atoms with Crippen molar-refractivity contribution in [3.63, 3.8) is 0 Å². The fourth-order valence-electron chi connectivity index (χ4n) is 3.52. The average Bonchev–Trinajstić information content (AvgIpc) is 2.84. The highest BCUT2D eigenvalue weighted by atomic mass is 16.1. The first-order chi connectivity index (χ1) is 7.86. The standard InChI is InChI=1S/C14H25N2O/c1-9(14(2,3)4)16(15)13-11-6-5-10(7-11)12(13)8-17/h8,10-13H,5-7,15H2,1-4H3/q+1/b16-9-/t10-,11+,12+,13-/m1/s1. The molecule has 4 atom stereocenters. The van der Waals surface area contributed by atoms with Gasteiger partial charge in [0, 0.05) is 18.3 Å². The smallest absolute Gasteiger partial charge is 0.193 e. The highest BCUT2D eigenvalue weighted by molar-refractivity contribution is 5.82. The fraction of sp³-hybridized carbons (Fsp3) is 0.857. The topological polar surface area (TPSA) is 46.1 Å². The van der Waals surface area contributed by atoms with Gasteiger partial charge < -0.3 is 4.79 Å². The molecule has 2 N–H and O–H groups in total. The summed E-state index contributed by atoms with van der Waals surface area (Å²) in [7, 11) is 0. The largest absolute Gasteiger partial charge is 0.303 e. The summed E-state index contributed by atoms with van der Waals surface area (Å²) in [6, 6.07) is 0.241. The van der Waals surface area contributed by atoms with Gasteiger partial charge in [-0.2, -0.15) is 0 Å². The summed E-state index contributed by atoms with van der Waals surface area (Å²) in [4.78, 5) is 11.3. The molecular weight excluding hydrogens is 212 g/mol. The summed E-state index contributed by atoms with van der Waals surface area (Å²) in [5.41, 5.74) is 1.26. The third-order valence-electron chi connectivity index (χ3n) is 4.89. The second-order valence-electron chi connectivity index (χ2n) is 6.78. The van der Waals surface area contributed by atoms with Gasteiger partial charge in [0.2, 0.25) is 0 Å². The molecule has 0 spiro atoms. The first-order valence-electron chi connectivity index (χ1n) is 6.69. The molecule has 0 aromatic carbocycles. The summed E-state index contributed by atoms with van der Waals surface area (Å²) >= 11 is 0. The maximum Gasteiger partial charge on any atom is 0.193 e. The molecule has 2 saturated carbocycles. The molecule has 0 aliphatic heterocycles. The van der Waals surface area contributed by atoms with Crippen molar-refractivity contribution in [2.45, 2.75) is 53.0 Å². The minimum absolute atomic E-state index is 0.0734. The van der Waals surface area contributed by atoms with Crippen LogP contribution < -0.4 is 5.84 Å². The highest BCUT2D eigenvalue weighted by Gasteiger charge is 2.54. The number of nitrogens with two attached hydrogens (primary N) is 1. The molecule has 0 aromatic rings. The molecule has 2 rings (SSSR count). The van der Waals surface area contributed by atoms with Gasteiger partial charge in [0.25, 0.3) is 0 Å². The summed E-state index contributed by atoms with van der Waals surface area (Å²) in [5, 5.41) is 0. The van der Waals surface area contributed by atoms with Crippen LogP contribution in [-0.4, -0.2) is 22.7 Å². The van der Waals surface area contributed by atoms with Crippen molar-refractivity contribution in [1.29, 1.82) is 0 Å². The Labute approximate surface area is 104 Å². The SMILES string of the molecule is C/C(=[N+](/N)[C@@H]1[C@H]2CC[C@H](C2)[C@@H]1C=O)C(C)(C)C. The predicted molar refractivity (Wildman–Crippen MR) is 68.8 cm³/mol. The number of nitrogens with zero attached hydrogens (tertiary/aromatic N) is 1. The Morgan fingerprint density at radius 2 is 1.88 bits per heavy atom. The Morgan fingerprint density at radius 1 is 1.29 bits per heavy atom. The lowest BCUT2D eigenvalue weighted by atomic mass is 9.84. The van der Waals surface area contributed by atoms with Crippen LogP contribution in [0.5, 0.6) is 0 Å². The zero-order valence-corrected chi connectivity index (χ0v) is 11.4. The minimum Gasteiger partial charge on any atom is -0.303 e. The Kier molecular flexibility index (Phi) is 3.04. The maximum absolute atomic E-state index is 11.3. The number of hydrogen-bond donors (Lipinski definition) is 1. The number of hydrazine groups is 1. The third kappa shape index (κ3) is 2.00. The van der Waals surface area contributed by atoms with E-state index in [0.29, 0.717) is 11.8 Å². The van der Waals surface area contributed by atoms with Crippen molar-refractivity contribution in [3.05, 3.63) is 0 Å². The van der Waals surface area contributed by atoms with E-state index in [1.165, 1.54) is 25.0 Å². The van der Waals surface area contributed by atoms with Crippen molar-refractivity contribution in [1.82, 2.24) is 0 Å². The van der Waals surface area contributed by atoms with Crippen LogP contribution >= 0.6 is 0 Å². The Balaban J connectivity index is 2.31. The fourth-order valence-corrected chi connectivity index (χ4v) is 3.52. The number of fused-ring (bicyclic) bond motifs is 2. The van der Waals surface area contributed by atoms with Gasteiger partial charge in [-0.1, -0.05) is 20.8 Å². The van der Waals surface area contributed by atoms with Crippen molar-refractivity contribution >= 4 is 12.0 Å². The molecule has 17 heavy (non-hydrogen) atoms. The molecule has 0 amide bonds. The first-order valence-corrected chi connectivity index (χ1v) is 6.69. The number of hydrogen-bond acceptors (Lipinski definition) is 2. The molecule has 2 aliphatic rings. The van der Waals surface area contributed by atoms with Gasteiger partial charge >= 0.3 is 0 Å². The summed E-state index contributed by atoms with van der Waals surface area (Å²) in [5.74, 6) is 7.65. The second-order valence-corrected chi connectivity index (χ2v) is 6.78. The molecule has 0 radical (unpaired) electrons. The quantitative estimate of drug-likeness (QED) is 0.262. The van der Waals surface area contributed by atoms with Crippen molar-refractivity contribution in [2.75, 3.05) is 0 Å². The molecule has 3 heteroatoms. The Hall–Kier alpha value is -0.860. The van der Waals surface area contributed by atoms with E-state index in [1.807, 2.05) is 4.68 Å². The Bertz CT molecular complexity index is 354. The van der Waals surface area contributed by atoms with Crippen LogP contribution in [0.1, 0.15) is 47.0 Å². The normalized spacial score (nSPS) is 38.1. The summed E-state index contributed by atoms with van der Waals surface area (Å²) in [6.45, 7) is 8.61. The number of aldehydes is 1. The predicted octanol–water partition coefficient (Wildman–Crippen LogP) is 1.99. The first kappa shape index (κ1) is 12.6. The number of rotatable bonds is 2. The van der Waals surface area contributed by atoms with Gasteiger partial charge in [0.05, 0.1) is 5.92 Å². The average molecular weight is 237 g/mol. The monoisotopic (exact) mass is 237 g/mol. The van der Waals surface area contributed by atoms with E-state index >= 15 is 0 Å². The van der Waals surface area contributed by atoms with E-state index in [2.05, 4.69) is 27.7 Å². The van der Waals surface area contributed by atoms with Crippen LogP contribution in [0.2, 0.25) is 0 Å². The minimum atomic E-state index is 0.0734. The molecule has 2 fully saturated rings. The van der Waals surface area contributed by atoms with Gasteiger partial charge in [0.15, 0.2) is 11.8 Å². The van der Waals surface area contributed by atoms with Crippen LogP contribution in [0.4, 0.5) is 0 Å². The number of hydrazone groups is 1. The van der Waals surface area contributed by atoms with Crippen molar-refractivity contribution in [3.8, 4) is 0 Å². The van der Waals surface area contributed by atoms with Crippen molar-refractivity contribution < 1.29 is 9.48 Å². The number of carbonyl (C=O) groups excluding carboxylic acids is 1. The Morgan fingerprint density at radius 3 is 2.41 bits per heavy atom. The third-order valence-corrected chi connectivity index (χ3v) is 4.89. The molecule has 0 saturated heterocycles. The zero-order chi connectivity index (χ0) is 12.8. The second kappa shape index (κ2) is 4.11. The van der Waals surface area contributed by atoms with Crippen LogP contribution in [0.15, 0.2) is 0 Å². The maximum atomic E-state index is 11.3. The lowest BCUT2D eigenvalue weighted by Crippen LogP contribution is -2.47. The molecule has 96 valence electrons. The van der Waals surface area contributed by atoms with Crippen molar-refractivity contribution in [2.24, 2.45) is 29.0 Å². The molecule has 0 aromatic heterocycles.